The Morgan fingerprint density at radius 2 is 2.32 bits per heavy atom. The number of carbonyl (C=O) groups excluding carboxylic acids is 1. The maximum Gasteiger partial charge on any atom is 0.228 e. The molecule has 98 valence electrons. The Bertz CT molecular complexity index is 584. The van der Waals surface area contributed by atoms with Crippen molar-refractivity contribution in [1.82, 2.24) is 14.8 Å². The number of benzene rings is 1. The van der Waals surface area contributed by atoms with Gasteiger partial charge in [0, 0.05) is 23.9 Å². The van der Waals surface area contributed by atoms with Crippen LogP contribution in [0.1, 0.15) is 12.0 Å². The average Bonchev–Trinajstić information content (AvgIpc) is 2.99. The Kier molecular flexibility index (Phi) is 3.25. The van der Waals surface area contributed by atoms with Crippen molar-refractivity contribution in [3.05, 3.63) is 42.5 Å². The summed E-state index contributed by atoms with van der Waals surface area (Å²) in [5.74, 6) is 0.137. The van der Waals surface area contributed by atoms with Crippen LogP contribution >= 0.6 is 12.6 Å². The number of hydrogen-bond acceptors (Lipinski definition) is 4. The molecule has 3 rings (SSSR count). The van der Waals surface area contributed by atoms with Crippen LogP contribution in [0.25, 0.3) is 0 Å². The van der Waals surface area contributed by atoms with E-state index < -0.39 is 0 Å². The number of nitrogens with zero attached hydrogens (tertiary/aromatic N) is 4. The molecule has 1 aliphatic heterocycles. The van der Waals surface area contributed by atoms with Gasteiger partial charge in [-0.05, 0) is 17.7 Å². The SMILES string of the molecule is O=C1CC(S)CN1c1cccc(Cn2cncn2)c1. The van der Waals surface area contributed by atoms with Gasteiger partial charge in [-0.25, -0.2) is 9.67 Å². The zero-order chi connectivity index (χ0) is 13.2. The van der Waals surface area contributed by atoms with Crippen molar-refractivity contribution in [2.45, 2.75) is 18.2 Å². The number of thiol groups is 1. The summed E-state index contributed by atoms with van der Waals surface area (Å²) in [6.45, 7) is 1.33. The van der Waals surface area contributed by atoms with Crippen LogP contribution < -0.4 is 4.90 Å². The lowest BCUT2D eigenvalue weighted by Crippen LogP contribution is -2.24. The maximum atomic E-state index is 11.9. The van der Waals surface area contributed by atoms with Gasteiger partial charge in [-0.1, -0.05) is 12.1 Å². The van der Waals surface area contributed by atoms with E-state index in [4.69, 9.17) is 0 Å². The van der Waals surface area contributed by atoms with Gasteiger partial charge in [-0.2, -0.15) is 17.7 Å². The average molecular weight is 274 g/mol. The molecular weight excluding hydrogens is 260 g/mol. The zero-order valence-corrected chi connectivity index (χ0v) is 11.2. The first-order valence-electron chi connectivity index (χ1n) is 6.12. The molecular formula is C13H14N4OS. The Morgan fingerprint density at radius 3 is 3.00 bits per heavy atom. The molecule has 0 aliphatic carbocycles. The monoisotopic (exact) mass is 274 g/mol. The largest absolute Gasteiger partial charge is 0.311 e. The van der Waals surface area contributed by atoms with Crippen LogP contribution in [-0.2, 0) is 11.3 Å². The molecule has 0 N–H and O–H groups in total. The lowest BCUT2D eigenvalue weighted by molar-refractivity contribution is -0.117. The number of rotatable bonds is 3. The first-order valence-corrected chi connectivity index (χ1v) is 6.64. The van der Waals surface area contributed by atoms with Gasteiger partial charge in [0.15, 0.2) is 0 Å². The van der Waals surface area contributed by atoms with Crippen molar-refractivity contribution in [1.29, 1.82) is 0 Å². The molecule has 19 heavy (non-hydrogen) atoms. The summed E-state index contributed by atoms with van der Waals surface area (Å²) in [5.41, 5.74) is 2.03. The van der Waals surface area contributed by atoms with Crippen LogP contribution in [-0.4, -0.2) is 32.5 Å². The second-order valence-corrected chi connectivity index (χ2v) is 5.36. The molecule has 1 amide bonds. The molecule has 1 atom stereocenters. The Hall–Kier alpha value is -1.82. The Labute approximate surface area is 116 Å². The fourth-order valence-corrected chi connectivity index (χ4v) is 2.58. The summed E-state index contributed by atoms with van der Waals surface area (Å²) >= 11 is 4.37. The normalized spacial score (nSPS) is 19.1. The van der Waals surface area contributed by atoms with Crippen molar-refractivity contribution in [3.8, 4) is 0 Å². The van der Waals surface area contributed by atoms with Crippen LogP contribution in [0.3, 0.4) is 0 Å². The molecule has 2 heterocycles. The first kappa shape index (κ1) is 12.2. The van der Waals surface area contributed by atoms with Gasteiger partial charge in [0.05, 0.1) is 6.54 Å². The van der Waals surface area contributed by atoms with Gasteiger partial charge >= 0.3 is 0 Å². The number of amides is 1. The van der Waals surface area contributed by atoms with Gasteiger partial charge in [0.2, 0.25) is 5.91 Å². The van der Waals surface area contributed by atoms with Crippen LogP contribution in [0.5, 0.6) is 0 Å². The van der Waals surface area contributed by atoms with Crippen LogP contribution in [0, 0.1) is 0 Å². The molecule has 0 radical (unpaired) electrons. The van der Waals surface area contributed by atoms with E-state index in [0.29, 0.717) is 19.5 Å². The van der Waals surface area contributed by atoms with Crippen molar-refractivity contribution < 1.29 is 4.79 Å². The molecule has 1 aromatic carbocycles. The predicted molar refractivity (Wildman–Crippen MR) is 75.3 cm³/mol. The lowest BCUT2D eigenvalue weighted by atomic mass is 10.2. The maximum absolute atomic E-state index is 11.9. The zero-order valence-electron chi connectivity index (χ0n) is 10.3. The van der Waals surface area contributed by atoms with E-state index in [9.17, 15) is 4.79 Å². The fraction of sp³-hybridized carbons (Fsp3) is 0.308. The smallest absolute Gasteiger partial charge is 0.228 e. The molecule has 0 spiro atoms. The van der Waals surface area contributed by atoms with Gasteiger partial charge in [0.1, 0.15) is 12.7 Å². The van der Waals surface area contributed by atoms with Crippen LogP contribution in [0.15, 0.2) is 36.9 Å². The topological polar surface area (TPSA) is 51.0 Å². The molecule has 1 aromatic heterocycles. The van der Waals surface area contributed by atoms with Gasteiger partial charge in [-0.15, -0.1) is 0 Å². The second-order valence-electron chi connectivity index (χ2n) is 4.63. The summed E-state index contributed by atoms with van der Waals surface area (Å²) in [4.78, 5) is 17.6. The molecule has 5 nitrogen and oxygen atoms in total. The highest BCUT2D eigenvalue weighted by Crippen LogP contribution is 2.24. The third-order valence-electron chi connectivity index (χ3n) is 3.14. The fourth-order valence-electron chi connectivity index (χ4n) is 2.26. The highest BCUT2D eigenvalue weighted by molar-refractivity contribution is 7.81. The number of carbonyl (C=O) groups is 1. The molecule has 1 fully saturated rings. The third-order valence-corrected chi connectivity index (χ3v) is 3.48. The van der Waals surface area contributed by atoms with E-state index in [0.717, 1.165) is 11.3 Å². The van der Waals surface area contributed by atoms with Crippen molar-refractivity contribution in [3.63, 3.8) is 0 Å². The quantitative estimate of drug-likeness (QED) is 0.860. The second kappa shape index (κ2) is 5.05. The number of anilines is 1. The molecule has 1 aliphatic rings. The molecule has 0 bridgehead atoms. The van der Waals surface area contributed by atoms with E-state index in [1.165, 1.54) is 6.33 Å². The van der Waals surface area contributed by atoms with Gasteiger partial charge in [-0.3, -0.25) is 4.79 Å². The van der Waals surface area contributed by atoms with Crippen LogP contribution in [0.2, 0.25) is 0 Å². The van der Waals surface area contributed by atoms with Gasteiger partial charge in [0.25, 0.3) is 0 Å². The minimum Gasteiger partial charge on any atom is -0.311 e. The van der Waals surface area contributed by atoms with E-state index in [1.807, 2.05) is 24.3 Å². The van der Waals surface area contributed by atoms with E-state index in [-0.39, 0.29) is 11.2 Å². The summed E-state index contributed by atoms with van der Waals surface area (Å²) < 4.78 is 1.76. The van der Waals surface area contributed by atoms with E-state index in [2.05, 4.69) is 22.7 Å². The molecule has 2 aromatic rings. The summed E-state index contributed by atoms with van der Waals surface area (Å²) in [6.07, 6.45) is 3.70. The molecule has 1 unspecified atom stereocenters. The Balaban J connectivity index is 1.82. The van der Waals surface area contributed by atoms with Crippen molar-refractivity contribution in [2.75, 3.05) is 11.4 Å². The number of hydrogen-bond donors (Lipinski definition) is 1. The lowest BCUT2D eigenvalue weighted by Gasteiger charge is -2.17. The minimum absolute atomic E-state index is 0.131. The summed E-state index contributed by atoms with van der Waals surface area (Å²) in [6, 6.07) is 7.95. The van der Waals surface area contributed by atoms with Crippen LogP contribution in [0.4, 0.5) is 5.69 Å². The molecule has 1 saturated heterocycles. The highest BCUT2D eigenvalue weighted by atomic mass is 32.1. The molecule has 6 heteroatoms. The van der Waals surface area contributed by atoms with Crippen molar-refractivity contribution >= 4 is 24.2 Å². The minimum atomic E-state index is 0.131. The number of aromatic nitrogens is 3. The predicted octanol–water partition coefficient (Wildman–Crippen LogP) is 1.36. The van der Waals surface area contributed by atoms with E-state index in [1.54, 1.807) is 15.9 Å². The highest BCUT2D eigenvalue weighted by Gasteiger charge is 2.28. The first-order chi connectivity index (χ1) is 9.22. The summed E-state index contributed by atoms with van der Waals surface area (Å²) in [5, 5.41) is 4.21. The summed E-state index contributed by atoms with van der Waals surface area (Å²) in [7, 11) is 0. The third kappa shape index (κ3) is 2.63. The molecule has 0 saturated carbocycles. The Morgan fingerprint density at radius 1 is 1.42 bits per heavy atom. The van der Waals surface area contributed by atoms with E-state index >= 15 is 0 Å². The van der Waals surface area contributed by atoms with Gasteiger partial charge < -0.3 is 4.90 Å². The van der Waals surface area contributed by atoms with Crippen molar-refractivity contribution in [2.24, 2.45) is 0 Å². The standard InChI is InChI=1S/C13H14N4OS/c18-13-5-12(19)7-17(13)11-3-1-2-10(4-11)6-16-9-14-8-15-16/h1-4,8-9,12,19H,5-7H2.